The van der Waals surface area contributed by atoms with Gasteiger partial charge < -0.3 is 30.3 Å². The lowest BCUT2D eigenvalue weighted by Crippen LogP contribution is -2.66. The van der Waals surface area contributed by atoms with Crippen LogP contribution in [0.1, 0.15) is 122 Å². The van der Waals surface area contributed by atoms with Gasteiger partial charge in [-0.15, -0.1) is 0 Å². The number of esters is 1. The molecule has 1 rings (SSSR count). The Morgan fingerprint density at radius 1 is 0.804 bits per heavy atom. The van der Waals surface area contributed by atoms with Gasteiger partial charge in [0, 0.05) is 18.4 Å². The predicted molar refractivity (Wildman–Crippen MR) is 229 cm³/mol. The smallest absolute Gasteiger partial charge is 0.337 e. The number of hydrogen-bond acceptors (Lipinski definition) is 7. The highest BCUT2D eigenvalue weighted by Crippen LogP contribution is 2.27. The van der Waals surface area contributed by atoms with E-state index in [1.54, 1.807) is 13.8 Å². The molecule has 9 heteroatoms. The maximum Gasteiger partial charge on any atom is 0.337 e. The summed E-state index contributed by atoms with van der Waals surface area (Å²) in [7, 11) is 0. The molecule has 0 aromatic heterocycles. The third-order valence-corrected chi connectivity index (χ3v) is 9.23. The van der Waals surface area contributed by atoms with Crippen LogP contribution in [-0.4, -0.2) is 66.0 Å². The molecule has 56 heavy (non-hydrogen) atoms. The summed E-state index contributed by atoms with van der Waals surface area (Å²) < 4.78 is 11.3. The second-order valence-corrected chi connectivity index (χ2v) is 14.8. The van der Waals surface area contributed by atoms with Gasteiger partial charge in [-0.2, -0.15) is 0 Å². The summed E-state index contributed by atoms with van der Waals surface area (Å²) in [6, 6.07) is 6.00. The summed E-state index contributed by atoms with van der Waals surface area (Å²) in [6.07, 6.45) is 32.8. The topological polar surface area (TPSA) is 134 Å². The predicted octanol–water partition coefficient (Wildman–Crippen LogP) is 9.02. The Morgan fingerprint density at radius 2 is 1.38 bits per heavy atom. The zero-order valence-electron chi connectivity index (χ0n) is 35.2. The van der Waals surface area contributed by atoms with E-state index in [1.165, 1.54) is 0 Å². The number of allylic oxidation sites excluding steroid dienone is 12. The second kappa shape index (κ2) is 30.0. The maximum atomic E-state index is 13.6. The van der Waals surface area contributed by atoms with E-state index in [2.05, 4.69) is 78.3 Å². The van der Waals surface area contributed by atoms with Gasteiger partial charge in [-0.05, 0) is 108 Å². The first kappa shape index (κ1) is 49.8. The molecule has 0 fully saturated rings. The van der Waals surface area contributed by atoms with Crippen LogP contribution in [0.15, 0.2) is 91.1 Å². The summed E-state index contributed by atoms with van der Waals surface area (Å²) in [5.41, 5.74) is -0.856. The SMILES string of the molecule is CC/C=C\C/C=C\C/C=C\C/C=C\C/C=C\C/C=C\CCC(=O)NCCCC(O)C(CO)(NC(=O)C(C)(C)CCCOc1cc(C)ccc1C)C(=O)OCCC. The third kappa shape index (κ3) is 21.2. The number of amides is 2. The van der Waals surface area contributed by atoms with E-state index >= 15 is 0 Å². The molecule has 1 aromatic rings. The minimum Gasteiger partial charge on any atom is -0.493 e. The summed E-state index contributed by atoms with van der Waals surface area (Å²) in [5.74, 6) is -0.702. The zero-order valence-corrected chi connectivity index (χ0v) is 35.2. The molecule has 0 saturated carbocycles. The molecule has 0 aliphatic rings. The maximum absolute atomic E-state index is 13.6. The Morgan fingerprint density at radius 3 is 1.93 bits per heavy atom. The molecule has 1 aromatic carbocycles. The Bertz CT molecular complexity index is 1460. The van der Waals surface area contributed by atoms with Gasteiger partial charge in [0.25, 0.3) is 0 Å². The number of aliphatic hydroxyl groups is 2. The average Bonchev–Trinajstić information content (AvgIpc) is 3.18. The summed E-state index contributed by atoms with van der Waals surface area (Å²) in [5, 5.41) is 27.2. The van der Waals surface area contributed by atoms with Crippen LogP contribution in [0.2, 0.25) is 0 Å². The van der Waals surface area contributed by atoms with Crippen molar-refractivity contribution in [2.24, 2.45) is 5.41 Å². The number of rotatable bonds is 30. The van der Waals surface area contributed by atoms with E-state index in [0.717, 1.165) is 55.4 Å². The minimum atomic E-state index is -2.04. The largest absolute Gasteiger partial charge is 0.493 e. The Balaban J connectivity index is 2.47. The van der Waals surface area contributed by atoms with E-state index in [-0.39, 0.29) is 25.5 Å². The standard InChI is InChI=1S/C47H72N2O7/c1-7-9-10-11-12-13-14-15-16-17-18-19-20-21-22-23-24-25-26-30-43(52)48-34-27-29-42(51)47(38-50,45(54)56-35-8-2)49-44(53)46(5,6)33-28-36-55-41-37-39(3)31-32-40(41)4/h9-10,12-13,15-16,18-19,21-22,24-25,31-32,37,42,50-51H,7-8,11,14,17,20,23,26-30,33-36,38H2,1-6H3,(H,48,52)(H,49,53)/b10-9-,13-12-,16-15-,19-18-,22-21-,25-24-. The van der Waals surface area contributed by atoms with Gasteiger partial charge in [-0.3, -0.25) is 9.59 Å². The van der Waals surface area contributed by atoms with Crippen LogP contribution >= 0.6 is 0 Å². The molecule has 2 unspecified atom stereocenters. The van der Waals surface area contributed by atoms with Crippen molar-refractivity contribution in [1.82, 2.24) is 10.6 Å². The van der Waals surface area contributed by atoms with Crippen LogP contribution in [0.25, 0.3) is 0 Å². The molecular formula is C47H72N2O7. The first-order chi connectivity index (χ1) is 26.9. The van der Waals surface area contributed by atoms with Gasteiger partial charge in [0.1, 0.15) is 5.75 Å². The number of hydrogen-bond donors (Lipinski definition) is 4. The third-order valence-electron chi connectivity index (χ3n) is 9.23. The Kier molecular flexibility index (Phi) is 26.7. The van der Waals surface area contributed by atoms with E-state index in [9.17, 15) is 24.6 Å². The van der Waals surface area contributed by atoms with Crippen LogP contribution in [0, 0.1) is 19.3 Å². The first-order valence-corrected chi connectivity index (χ1v) is 20.6. The number of carbonyl (C=O) groups is 3. The van der Waals surface area contributed by atoms with Crippen LogP contribution in [0.5, 0.6) is 5.75 Å². The normalized spacial score (nSPS) is 14.1. The van der Waals surface area contributed by atoms with Crippen LogP contribution in [0.3, 0.4) is 0 Å². The number of benzene rings is 1. The lowest BCUT2D eigenvalue weighted by atomic mass is 9.83. The number of ether oxygens (including phenoxy) is 2. The molecule has 0 bridgehead atoms. The van der Waals surface area contributed by atoms with Gasteiger partial charge >= 0.3 is 5.97 Å². The van der Waals surface area contributed by atoms with Gasteiger partial charge in [-0.25, -0.2) is 4.79 Å². The minimum absolute atomic E-state index is 0.0413. The summed E-state index contributed by atoms with van der Waals surface area (Å²) in [4.78, 5) is 39.2. The molecular weight excluding hydrogens is 705 g/mol. The highest BCUT2D eigenvalue weighted by molar-refractivity contribution is 5.91. The van der Waals surface area contributed by atoms with Gasteiger partial charge in [0.15, 0.2) is 5.54 Å². The van der Waals surface area contributed by atoms with Crippen molar-refractivity contribution >= 4 is 17.8 Å². The highest BCUT2D eigenvalue weighted by Gasteiger charge is 2.49. The molecule has 9 nitrogen and oxygen atoms in total. The quantitative estimate of drug-likeness (QED) is 0.0348. The van der Waals surface area contributed by atoms with E-state index in [1.807, 2.05) is 51.1 Å². The average molecular weight is 777 g/mol. The molecule has 0 heterocycles. The van der Waals surface area contributed by atoms with Crippen molar-refractivity contribution in [3.05, 3.63) is 102 Å². The number of carbonyl (C=O) groups excluding carboxylic acids is 3. The van der Waals surface area contributed by atoms with Gasteiger partial charge in [0.05, 0.1) is 25.9 Å². The molecule has 4 N–H and O–H groups in total. The Hall–Kier alpha value is -4.21. The molecule has 0 saturated heterocycles. The van der Waals surface area contributed by atoms with Crippen LogP contribution in [-0.2, 0) is 19.1 Å². The van der Waals surface area contributed by atoms with Crippen molar-refractivity contribution in [2.45, 2.75) is 137 Å². The van der Waals surface area contributed by atoms with E-state index in [0.29, 0.717) is 45.1 Å². The van der Waals surface area contributed by atoms with Crippen molar-refractivity contribution in [3.63, 3.8) is 0 Å². The number of aliphatic hydroxyl groups excluding tert-OH is 2. The van der Waals surface area contributed by atoms with Crippen LogP contribution in [0.4, 0.5) is 0 Å². The molecule has 0 spiro atoms. The Labute approximate surface area is 338 Å². The molecule has 312 valence electrons. The van der Waals surface area contributed by atoms with Gasteiger partial charge in [0.2, 0.25) is 11.8 Å². The fraction of sp³-hybridized carbons (Fsp3) is 0.553. The molecule has 0 radical (unpaired) electrons. The van der Waals surface area contributed by atoms with Crippen molar-refractivity contribution in [2.75, 3.05) is 26.4 Å². The highest BCUT2D eigenvalue weighted by atomic mass is 16.5. The summed E-state index contributed by atoms with van der Waals surface area (Å²) in [6.45, 7) is 11.4. The molecule has 2 amide bonds. The molecule has 2 atom stereocenters. The van der Waals surface area contributed by atoms with Crippen molar-refractivity contribution < 1.29 is 34.1 Å². The first-order valence-electron chi connectivity index (χ1n) is 20.6. The van der Waals surface area contributed by atoms with E-state index in [4.69, 9.17) is 9.47 Å². The fourth-order valence-electron chi connectivity index (χ4n) is 5.56. The number of aryl methyl sites for hydroxylation is 2. The van der Waals surface area contributed by atoms with Crippen molar-refractivity contribution in [3.8, 4) is 5.75 Å². The van der Waals surface area contributed by atoms with Crippen molar-refractivity contribution in [1.29, 1.82) is 0 Å². The summed E-state index contributed by atoms with van der Waals surface area (Å²) >= 11 is 0. The van der Waals surface area contributed by atoms with Crippen LogP contribution < -0.4 is 15.4 Å². The molecule has 0 aliphatic heterocycles. The molecule has 0 aliphatic carbocycles. The van der Waals surface area contributed by atoms with Gasteiger partial charge in [-0.1, -0.05) is 113 Å². The lowest BCUT2D eigenvalue weighted by Gasteiger charge is -2.37. The number of nitrogens with one attached hydrogen (secondary N) is 2. The monoisotopic (exact) mass is 777 g/mol. The zero-order chi connectivity index (χ0) is 41.5. The van der Waals surface area contributed by atoms with E-state index < -0.39 is 35.5 Å². The lowest BCUT2D eigenvalue weighted by molar-refractivity contribution is -0.164. The fourth-order valence-corrected chi connectivity index (χ4v) is 5.56. The second-order valence-electron chi connectivity index (χ2n) is 14.8.